The Kier molecular flexibility index (Phi) is 5.69. The molecule has 1 amide bonds. The first-order valence-corrected chi connectivity index (χ1v) is 6.45. The molecule has 0 unspecified atom stereocenters. The first-order valence-electron chi connectivity index (χ1n) is 5.57. The maximum atomic E-state index is 11.6. The number of thiophene rings is 1. The molecule has 1 rings (SSSR count). The highest BCUT2D eigenvalue weighted by molar-refractivity contribution is 7.09. The summed E-state index contributed by atoms with van der Waals surface area (Å²) in [7, 11) is 1.65. The highest BCUT2D eigenvalue weighted by Crippen LogP contribution is 2.12. The van der Waals surface area contributed by atoms with Gasteiger partial charge in [0.05, 0.1) is 6.42 Å². The largest absolute Gasteiger partial charge is 0.481 e. The van der Waals surface area contributed by atoms with Crippen LogP contribution in [0, 0.1) is 0 Å². The van der Waals surface area contributed by atoms with Crippen molar-refractivity contribution in [3.8, 4) is 0 Å². The second kappa shape index (κ2) is 7.06. The molecule has 1 N–H and O–H groups in total. The smallest absolute Gasteiger partial charge is 0.305 e. The topological polar surface area (TPSA) is 57.6 Å². The van der Waals surface area contributed by atoms with E-state index in [0.29, 0.717) is 6.42 Å². The molecule has 94 valence electrons. The number of rotatable bonds is 7. The van der Waals surface area contributed by atoms with E-state index >= 15 is 0 Å². The van der Waals surface area contributed by atoms with E-state index in [1.165, 1.54) is 9.78 Å². The predicted octanol–water partition coefficient (Wildman–Crippen LogP) is 2.00. The Bertz CT molecular complexity index is 362. The van der Waals surface area contributed by atoms with E-state index in [-0.39, 0.29) is 18.9 Å². The summed E-state index contributed by atoms with van der Waals surface area (Å²) in [5.74, 6) is -0.856. The van der Waals surface area contributed by atoms with Crippen LogP contribution in [-0.4, -0.2) is 35.5 Å². The number of aryl methyl sites for hydroxylation is 1. The molecule has 0 atom stereocenters. The van der Waals surface area contributed by atoms with Crippen molar-refractivity contribution in [2.24, 2.45) is 0 Å². The first-order chi connectivity index (χ1) is 8.09. The quantitative estimate of drug-likeness (QED) is 0.810. The second-order valence-electron chi connectivity index (χ2n) is 3.89. The lowest BCUT2D eigenvalue weighted by molar-refractivity contribution is -0.138. The van der Waals surface area contributed by atoms with Gasteiger partial charge in [0.15, 0.2) is 0 Å². The molecule has 5 heteroatoms. The summed E-state index contributed by atoms with van der Waals surface area (Å²) in [4.78, 5) is 24.8. The number of nitrogens with zero attached hydrogens (tertiary/aromatic N) is 1. The van der Waals surface area contributed by atoms with Crippen LogP contribution < -0.4 is 0 Å². The van der Waals surface area contributed by atoms with Gasteiger partial charge < -0.3 is 10.0 Å². The van der Waals surface area contributed by atoms with Gasteiger partial charge in [0, 0.05) is 24.9 Å². The molecule has 1 aromatic heterocycles. The van der Waals surface area contributed by atoms with Gasteiger partial charge in [0.25, 0.3) is 0 Å². The molecule has 0 bridgehead atoms. The number of carbonyl (C=O) groups is 2. The van der Waals surface area contributed by atoms with E-state index in [1.807, 2.05) is 11.4 Å². The number of hydrogen-bond acceptors (Lipinski definition) is 3. The van der Waals surface area contributed by atoms with E-state index < -0.39 is 5.97 Å². The first kappa shape index (κ1) is 13.7. The van der Waals surface area contributed by atoms with Crippen LogP contribution in [0.25, 0.3) is 0 Å². The molecular formula is C12H17NO3S. The zero-order chi connectivity index (χ0) is 12.7. The van der Waals surface area contributed by atoms with Crippen LogP contribution in [0.5, 0.6) is 0 Å². The van der Waals surface area contributed by atoms with Gasteiger partial charge in [-0.1, -0.05) is 6.07 Å². The summed E-state index contributed by atoms with van der Waals surface area (Å²) in [6.45, 7) is 0.285. The van der Waals surface area contributed by atoms with Crippen molar-refractivity contribution in [1.29, 1.82) is 0 Å². The Morgan fingerprint density at radius 1 is 1.41 bits per heavy atom. The average molecular weight is 255 g/mol. The summed E-state index contributed by atoms with van der Waals surface area (Å²) in [5.41, 5.74) is 0. The standard InChI is InChI=1S/C12H17NO3S/c1-13(8-7-12(15)16)11(14)6-2-4-10-5-3-9-17-10/h3,5,9H,2,4,6-8H2,1H3,(H,15,16). The molecule has 1 aromatic rings. The third-order valence-electron chi connectivity index (χ3n) is 2.48. The summed E-state index contributed by atoms with van der Waals surface area (Å²) < 4.78 is 0. The van der Waals surface area contributed by atoms with Crippen molar-refractivity contribution >= 4 is 23.2 Å². The van der Waals surface area contributed by atoms with Gasteiger partial charge in [0.1, 0.15) is 0 Å². The molecule has 0 spiro atoms. The van der Waals surface area contributed by atoms with Gasteiger partial charge in [0.2, 0.25) is 5.91 Å². The predicted molar refractivity (Wildman–Crippen MR) is 67.1 cm³/mol. The Labute approximate surface area is 105 Å². The minimum atomic E-state index is -0.872. The fraction of sp³-hybridized carbons (Fsp3) is 0.500. The fourth-order valence-electron chi connectivity index (χ4n) is 1.45. The van der Waals surface area contributed by atoms with Crippen LogP contribution in [0.4, 0.5) is 0 Å². The van der Waals surface area contributed by atoms with Crippen molar-refractivity contribution < 1.29 is 14.7 Å². The molecule has 0 aliphatic rings. The lowest BCUT2D eigenvalue weighted by Crippen LogP contribution is -2.28. The van der Waals surface area contributed by atoms with Gasteiger partial charge in [-0.2, -0.15) is 0 Å². The molecule has 0 aliphatic carbocycles. The van der Waals surface area contributed by atoms with Gasteiger partial charge in [-0.15, -0.1) is 11.3 Å². The summed E-state index contributed by atoms with van der Waals surface area (Å²) >= 11 is 1.69. The normalized spacial score (nSPS) is 10.2. The van der Waals surface area contributed by atoms with Gasteiger partial charge in [-0.25, -0.2) is 0 Å². The molecule has 0 saturated heterocycles. The van der Waals surface area contributed by atoms with Crippen molar-refractivity contribution in [2.75, 3.05) is 13.6 Å². The molecule has 17 heavy (non-hydrogen) atoms. The zero-order valence-electron chi connectivity index (χ0n) is 9.89. The maximum absolute atomic E-state index is 11.6. The van der Waals surface area contributed by atoms with E-state index in [9.17, 15) is 9.59 Å². The highest BCUT2D eigenvalue weighted by Gasteiger charge is 2.09. The molecule has 0 radical (unpaired) electrons. The summed E-state index contributed by atoms with van der Waals surface area (Å²) in [6.07, 6.45) is 2.22. The SMILES string of the molecule is CN(CCC(=O)O)C(=O)CCCc1cccs1. The number of amides is 1. The monoisotopic (exact) mass is 255 g/mol. The van der Waals surface area contributed by atoms with Crippen molar-refractivity contribution in [2.45, 2.75) is 25.7 Å². The van der Waals surface area contributed by atoms with Crippen molar-refractivity contribution in [3.05, 3.63) is 22.4 Å². The average Bonchev–Trinajstić information content (AvgIpc) is 2.78. The third-order valence-corrected chi connectivity index (χ3v) is 3.42. The number of carbonyl (C=O) groups excluding carboxylic acids is 1. The van der Waals surface area contributed by atoms with Crippen LogP contribution in [0.2, 0.25) is 0 Å². The molecule has 0 aromatic carbocycles. The Hall–Kier alpha value is -1.36. The van der Waals surface area contributed by atoms with Crippen molar-refractivity contribution in [3.63, 3.8) is 0 Å². The van der Waals surface area contributed by atoms with Gasteiger partial charge >= 0.3 is 5.97 Å². The molecule has 0 aliphatic heterocycles. The van der Waals surface area contributed by atoms with Crippen LogP contribution in [0.15, 0.2) is 17.5 Å². The second-order valence-corrected chi connectivity index (χ2v) is 4.92. The van der Waals surface area contributed by atoms with E-state index in [1.54, 1.807) is 18.4 Å². The number of carboxylic acid groups (broad SMARTS) is 1. The van der Waals surface area contributed by atoms with Crippen molar-refractivity contribution in [1.82, 2.24) is 4.90 Å². The lowest BCUT2D eigenvalue weighted by Gasteiger charge is -2.15. The molecule has 0 fully saturated rings. The van der Waals surface area contributed by atoms with Crippen LogP contribution in [-0.2, 0) is 16.0 Å². The number of hydrogen-bond donors (Lipinski definition) is 1. The Morgan fingerprint density at radius 3 is 2.76 bits per heavy atom. The zero-order valence-corrected chi connectivity index (χ0v) is 10.7. The van der Waals surface area contributed by atoms with Gasteiger partial charge in [-0.3, -0.25) is 9.59 Å². The highest BCUT2D eigenvalue weighted by atomic mass is 32.1. The number of carboxylic acids is 1. The van der Waals surface area contributed by atoms with Crippen LogP contribution in [0.3, 0.4) is 0 Å². The van der Waals surface area contributed by atoms with E-state index in [0.717, 1.165) is 12.8 Å². The Balaban J connectivity index is 2.17. The summed E-state index contributed by atoms with van der Waals surface area (Å²) in [5, 5.41) is 10.5. The fourth-order valence-corrected chi connectivity index (χ4v) is 2.20. The molecular weight excluding hydrogens is 238 g/mol. The third kappa shape index (κ3) is 5.49. The Morgan fingerprint density at radius 2 is 2.18 bits per heavy atom. The molecule has 0 saturated carbocycles. The van der Waals surface area contributed by atoms with Gasteiger partial charge in [-0.05, 0) is 24.3 Å². The van der Waals surface area contributed by atoms with E-state index in [4.69, 9.17) is 5.11 Å². The summed E-state index contributed by atoms with van der Waals surface area (Å²) in [6, 6.07) is 4.06. The minimum Gasteiger partial charge on any atom is -0.481 e. The maximum Gasteiger partial charge on any atom is 0.305 e. The van der Waals surface area contributed by atoms with Crippen LogP contribution >= 0.6 is 11.3 Å². The molecule has 1 heterocycles. The lowest BCUT2D eigenvalue weighted by atomic mass is 10.2. The van der Waals surface area contributed by atoms with Crippen LogP contribution in [0.1, 0.15) is 24.1 Å². The van der Waals surface area contributed by atoms with E-state index in [2.05, 4.69) is 6.07 Å². The minimum absolute atomic E-state index is 0.00711. The molecule has 4 nitrogen and oxygen atoms in total. The number of aliphatic carboxylic acids is 1.